The van der Waals surface area contributed by atoms with Crippen molar-refractivity contribution in [3.8, 4) is 0 Å². The number of fused-ring (bicyclic) bond motifs is 1. The number of amides is 1. The van der Waals surface area contributed by atoms with Crippen LogP contribution in [0.2, 0.25) is 0 Å². The summed E-state index contributed by atoms with van der Waals surface area (Å²) in [6, 6.07) is 8.45. The van der Waals surface area contributed by atoms with Gasteiger partial charge in [0.15, 0.2) is 6.61 Å². The standard InChI is InChI=1S/C22H25NO5S/c1-3-14-9-10-18-15(11-14)12-19(29-18)22(26)28-13-20(24)23-17-8-6-5-7-16(17)21(25)27-4-2/h5-8,12,14H,3-4,9-11,13H2,1-2H3,(H,23,24)/t14-/m0/s1. The van der Waals surface area contributed by atoms with Crippen LogP contribution < -0.4 is 5.32 Å². The molecule has 1 aliphatic rings. The SMILES string of the molecule is CCOC(=O)c1ccccc1NC(=O)COC(=O)c1cc2c(s1)CC[C@H](CC)C2. The number of esters is 2. The zero-order valence-corrected chi connectivity index (χ0v) is 17.5. The van der Waals surface area contributed by atoms with Gasteiger partial charge in [-0.2, -0.15) is 0 Å². The largest absolute Gasteiger partial charge is 0.462 e. The molecule has 0 spiro atoms. The Labute approximate surface area is 174 Å². The van der Waals surface area contributed by atoms with E-state index in [-0.39, 0.29) is 12.2 Å². The fraction of sp³-hybridized carbons (Fsp3) is 0.409. The number of anilines is 1. The number of carbonyl (C=O) groups excluding carboxylic acids is 3. The second-order valence-electron chi connectivity index (χ2n) is 6.97. The van der Waals surface area contributed by atoms with Crippen molar-refractivity contribution in [2.24, 2.45) is 5.92 Å². The van der Waals surface area contributed by atoms with E-state index in [2.05, 4.69) is 12.2 Å². The molecule has 1 atom stereocenters. The number of aryl methyl sites for hydroxylation is 1. The molecule has 1 aliphatic carbocycles. The molecule has 1 aromatic carbocycles. The summed E-state index contributed by atoms with van der Waals surface area (Å²) in [5.41, 5.74) is 1.81. The van der Waals surface area contributed by atoms with Crippen molar-refractivity contribution >= 4 is 34.9 Å². The second-order valence-corrected chi connectivity index (χ2v) is 8.10. The van der Waals surface area contributed by atoms with Gasteiger partial charge in [-0.1, -0.05) is 25.5 Å². The number of para-hydroxylation sites is 1. The first-order valence-corrected chi connectivity index (χ1v) is 10.7. The smallest absolute Gasteiger partial charge is 0.348 e. The lowest BCUT2D eigenvalue weighted by atomic mass is 9.87. The molecular weight excluding hydrogens is 390 g/mol. The minimum atomic E-state index is -0.519. The normalized spacial score (nSPS) is 15.3. The summed E-state index contributed by atoms with van der Waals surface area (Å²) in [6.07, 6.45) is 4.29. The number of nitrogens with one attached hydrogen (secondary N) is 1. The Bertz CT molecular complexity index is 904. The minimum Gasteiger partial charge on any atom is -0.462 e. The first-order chi connectivity index (χ1) is 14.0. The predicted molar refractivity (Wildman–Crippen MR) is 111 cm³/mol. The zero-order valence-electron chi connectivity index (χ0n) is 16.7. The quantitative estimate of drug-likeness (QED) is 0.684. The van der Waals surface area contributed by atoms with E-state index in [9.17, 15) is 14.4 Å². The Balaban J connectivity index is 1.57. The van der Waals surface area contributed by atoms with Crippen molar-refractivity contribution < 1.29 is 23.9 Å². The molecule has 154 valence electrons. The number of ether oxygens (including phenoxy) is 2. The molecule has 0 bridgehead atoms. The second kappa shape index (κ2) is 9.69. The fourth-order valence-corrected chi connectivity index (χ4v) is 4.52. The van der Waals surface area contributed by atoms with Crippen LogP contribution in [0, 0.1) is 5.92 Å². The summed E-state index contributed by atoms with van der Waals surface area (Å²) >= 11 is 1.46. The van der Waals surface area contributed by atoms with Crippen LogP contribution in [0.4, 0.5) is 5.69 Å². The van der Waals surface area contributed by atoms with Crippen molar-refractivity contribution in [3.63, 3.8) is 0 Å². The van der Waals surface area contributed by atoms with Crippen molar-refractivity contribution in [2.45, 2.75) is 39.5 Å². The van der Waals surface area contributed by atoms with Crippen LogP contribution in [0.3, 0.4) is 0 Å². The number of thiophene rings is 1. The van der Waals surface area contributed by atoms with Gasteiger partial charge in [0, 0.05) is 4.88 Å². The number of benzene rings is 1. The van der Waals surface area contributed by atoms with Crippen LogP contribution in [0.1, 0.15) is 57.2 Å². The molecule has 3 rings (SSSR count). The van der Waals surface area contributed by atoms with E-state index in [4.69, 9.17) is 9.47 Å². The van der Waals surface area contributed by atoms with E-state index in [0.29, 0.717) is 16.5 Å². The average Bonchev–Trinajstić information content (AvgIpc) is 3.16. The molecule has 2 aromatic rings. The fourth-order valence-electron chi connectivity index (χ4n) is 3.42. The Hall–Kier alpha value is -2.67. The van der Waals surface area contributed by atoms with E-state index in [0.717, 1.165) is 25.7 Å². The van der Waals surface area contributed by atoms with E-state index >= 15 is 0 Å². The van der Waals surface area contributed by atoms with Crippen LogP contribution in [0.5, 0.6) is 0 Å². The number of rotatable bonds is 7. The highest BCUT2D eigenvalue weighted by Gasteiger charge is 2.23. The molecule has 1 amide bonds. The van der Waals surface area contributed by atoms with Gasteiger partial charge in [0.2, 0.25) is 0 Å². The third-order valence-corrected chi connectivity index (χ3v) is 6.21. The van der Waals surface area contributed by atoms with Crippen LogP contribution in [-0.2, 0) is 27.1 Å². The van der Waals surface area contributed by atoms with E-state index < -0.39 is 24.5 Å². The molecule has 1 heterocycles. The predicted octanol–water partition coefficient (Wildman–Crippen LogP) is 4.24. The van der Waals surface area contributed by atoms with Gasteiger partial charge in [-0.05, 0) is 55.9 Å². The molecular formula is C22H25NO5S. The number of carbonyl (C=O) groups is 3. The summed E-state index contributed by atoms with van der Waals surface area (Å²) in [5.74, 6) is -0.852. The molecule has 0 aliphatic heterocycles. The monoisotopic (exact) mass is 415 g/mol. The van der Waals surface area contributed by atoms with E-state index in [1.54, 1.807) is 31.2 Å². The van der Waals surface area contributed by atoms with Gasteiger partial charge in [-0.25, -0.2) is 9.59 Å². The highest BCUT2D eigenvalue weighted by molar-refractivity contribution is 7.14. The summed E-state index contributed by atoms with van der Waals surface area (Å²) in [4.78, 5) is 38.3. The molecule has 6 nitrogen and oxygen atoms in total. The molecule has 1 N–H and O–H groups in total. The van der Waals surface area contributed by atoms with Crippen molar-refractivity contribution in [1.29, 1.82) is 0 Å². The lowest BCUT2D eigenvalue weighted by Gasteiger charge is -2.19. The van der Waals surface area contributed by atoms with Gasteiger partial charge in [-0.15, -0.1) is 11.3 Å². The van der Waals surface area contributed by atoms with Crippen LogP contribution in [0.25, 0.3) is 0 Å². The number of hydrogen-bond acceptors (Lipinski definition) is 6. The maximum atomic E-state index is 12.4. The van der Waals surface area contributed by atoms with Crippen molar-refractivity contribution in [2.75, 3.05) is 18.5 Å². The van der Waals surface area contributed by atoms with Gasteiger partial charge in [-0.3, -0.25) is 4.79 Å². The Morgan fingerprint density at radius 3 is 2.69 bits per heavy atom. The highest BCUT2D eigenvalue weighted by Crippen LogP contribution is 2.33. The Morgan fingerprint density at radius 2 is 1.93 bits per heavy atom. The molecule has 0 fully saturated rings. The van der Waals surface area contributed by atoms with E-state index in [1.807, 2.05) is 6.07 Å². The Kier molecular flexibility index (Phi) is 7.04. The van der Waals surface area contributed by atoms with Crippen LogP contribution in [0.15, 0.2) is 30.3 Å². The lowest BCUT2D eigenvalue weighted by molar-refractivity contribution is -0.119. The first-order valence-electron chi connectivity index (χ1n) is 9.86. The van der Waals surface area contributed by atoms with Crippen LogP contribution >= 0.6 is 11.3 Å². The van der Waals surface area contributed by atoms with Gasteiger partial charge >= 0.3 is 11.9 Å². The van der Waals surface area contributed by atoms with Crippen molar-refractivity contribution in [1.82, 2.24) is 0 Å². The average molecular weight is 416 g/mol. The van der Waals surface area contributed by atoms with Crippen molar-refractivity contribution in [3.05, 3.63) is 51.2 Å². The molecule has 7 heteroatoms. The maximum absolute atomic E-state index is 12.4. The highest BCUT2D eigenvalue weighted by atomic mass is 32.1. The van der Waals surface area contributed by atoms with Gasteiger partial charge < -0.3 is 14.8 Å². The van der Waals surface area contributed by atoms with Crippen LogP contribution in [-0.4, -0.2) is 31.1 Å². The molecule has 29 heavy (non-hydrogen) atoms. The third kappa shape index (κ3) is 5.23. The first kappa shape index (κ1) is 21.0. The van der Waals surface area contributed by atoms with Gasteiger partial charge in [0.1, 0.15) is 4.88 Å². The molecule has 0 unspecified atom stereocenters. The topological polar surface area (TPSA) is 81.7 Å². The maximum Gasteiger partial charge on any atom is 0.348 e. The summed E-state index contributed by atoms with van der Waals surface area (Å²) in [6.45, 7) is 3.72. The molecule has 1 aromatic heterocycles. The summed E-state index contributed by atoms with van der Waals surface area (Å²) in [5, 5.41) is 2.61. The molecule has 0 saturated heterocycles. The zero-order chi connectivity index (χ0) is 20.8. The van der Waals surface area contributed by atoms with Gasteiger partial charge in [0.25, 0.3) is 5.91 Å². The lowest BCUT2D eigenvalue weighted by Crippen LogP contribution is -2.22. The minimum absolute atomic E-state index is 0.239. The van der Waals surface area contributed by atoms with Gasteiger partial charge in [0.05, 0.1) is 17.9 Å². The molecule has 0 radical (unpaired) electrons. The summed E-state index contributed by atoms with van der Waals surface area (Å²) in [7, 11) is 0. The summed E-state index contributed by atoms with van der Waals surface area (Å²) < 4.78 is 10.2. The third-order valence-electron chi connectivity index (χ3n) is 4.99. The van der Waals surface area contributed by atoms with E-state index in [1.165, 1.54) is 21.8 Å². The Morgan fingerprint density at radius 1 is 1.14 bits per heavy atom. The number of hydrogen-bond donors (Lipinski definition) is 1. The molecule has 0 saturated carbocycles.